The standard InChI is InChI=1S/C19H16F2N2O2/c1-19(25,14-8-7-13(20)10-15(14)21)11-22-18(24)17-9-6-12-4-2-3-5-16(12)23-17/h2-10,25H,11H2,1H3,(H,22,24). The molecule has 0 saturated heterocycles. The Morgan fingerprint density at radius 2 is 1.92 bits per heavy atom. The Morgan fingerprint density at radius 1 is 1.16 bits per heavy atom. The average Bonchev–Trinajstić information content (AvgIpc) is 2.59. The van der Waals surface area contributed by atoms with Crippen molar-refractivity contribution in [3.8, 4) is 0 Å². The highest BCUT2D eigenvalue weighted by Crippen LogP contribution is 2.23. The summed E-state index contributed by atoms with van der Waals surface area (Å²) >= 11 is 0. The predicted octanol–water partition coefficient (Wildman–Crippen LogP) is 3.15. The van der Waals surface area contributed by atoms with Crippen molar-refractivity contribution in [2.24, 2.45) is 0 Å². The first-order chi connectivity index (χ1) is 11.9. The Kier molecular flexibility index (Phi) is 4.46. The van der Waals surface area contributed by atoms with Gasteiger partial charge in [0.2, 0.25) is 0 Å². The van der Waals surface area contributed by atoms with Crippen LogP contribution in [0.2, 0.25) is 0 Å². The molecule has 3 aromatic rings. The Bertz CT molecular complexity index is 942. The fraction of sp³-hybridized carbons (Fsp3) is 0.158. The largest absolute Gasteiger partial charge is 0.383 e. The van der Waals surface area contributed by atoms with Crippen LogP contribution >= 0.6 is 0 Å². The molecule has 0 fully saturated rings. The fourth-order valence-electron chi connectivity index (χ4n) is 2.56. The lowest BCUT2D eigenvalue weighted by atomic mass is 9.95. The van der Waals surface area contributed by atoms with Crippen molar-refractivity contribution >= 4 is 16.8 Å². The maximum atomic E-state index is 13.8. The quantitative estimate of drug-likeness (QED) is 0.766. The Balaban J connectivity index is 1.75. The van der Waals surface area contributed by atoms with Crippen LogP contribution in [0.1, 0.15) is 23.0 Å². The van der Waals surface area contributed by atoms with Gasteiger partial charge < -0.3 is 10.4 Å². The van der Waals surface area contributed by atoms with Gasteiger partial charge in [-0.2, -0.15) is 0 Å². The van der Waals surface area contributed by atoms with Crippen LogP contribution in [0.25, 0.3) is 10.9 Å². The second kappa shape index (κ2) is 6.57. The summed E-state index contributed by atoms with van der Waals surface area (Å²) in [5.41, 5.74) is -0.925. The summed E-state index contributed by atoms with van der Waals surface area (Å²) in [7, 11) is 0. The molecule has 4 nitrogen and oxygen atoms in total. The van der Waals surface area contributed by atoms with Gasteiger partial charge in [-0.15, -0.1) is 0 Å². The molecule has 128 valence electrons. The summed E-state index contributed by atoms with van der Waals surface area (Å²) in [6, 6.07) is 13.6. The third-order valence-corrected chi connectivity index (χ3v) is 3.94. The van der Waals surface area contributed by atoms with Crippen LogP contribution in [-0.2, 0) is 5.60 Å². The number of aliphatic hydroxyl groups is 1. The van der Waals surface area contributed by atoms with E-state index in [4.69, 9.17) is 0 Å². The molecule has 0 radical (unpaired) electrons. The lowest BCUT2D eigenvalue weighted by Gasteiger charge is -2.24. The summed E-state index contributed by atoms with van der Waals surface area (Å²) in [5.74, 6) is -2.10. The van der Waals surface area contributed by atoms with E-state index in [2.05, 4.69) is 10.3 Å². The van der Waals surface area contributed by atoms with E-state index in [1.54, 1.807) is 18.2 Å². The maximum absolute atomic E-state index is 13.8. The zero-order valence-corrected chi connectivity index (χ0v) is 13.5. The van der Waals surface area contributed by atoms with Crippen molar-refractivity contribution in [2.45, 2.75) is 12.5 Å². The molecule has 2 aromatic carbocycles. The van der Waals surface area contributed by atoms with Crippen LogP contribution in [0.3, 0.4) is 0 Å². The Labute approximate surface area is 143 Å². The van der Waals surface area contributed by atoms with Crippen LogP contribution in [-0.4, -0.2) is 22.5 Å². The number of nitrogens with zero attached hydrogens (tertiary/aromatic N) is 1. The molecule has 0 bridgehead atoms. The second-order valence-corrected chi connectivity index (χ2v) is 5.97. The first-order valence-corrected chi connectivity index (χ1v) is 7.69. The van der Waals surface area contributed by atoms with Gasteiger partial charge in [0.1, 0.15) is 22.9 Å². The predicted molar refractivity (Wildman–Crippen MR) is 90.0 cm³/mol. The monoisotopic (exact) mass is 342 g/mol. The highest BCUT2D eigenvalue weighted by atomic mass is 19.1. The molecule has 1 heterocycles. The average molecular weight is 342 g/mol. The molecule has 3 rings (SSSR count). The molecule has 0 aliphatic heterocycles. The molecule has 1 amide bonds. The maximum Gasteiger partial charge on any atom is 0.270 e. The number of benzene rings is 2. The summed E-state index contributed by atoms with van der Waals surface area (Å²) in [5, 5.41) is 13.9. The third kappa shape index (κ3) is 3.64. The first kappa shape index (κ1) is 17.0. The van der Waals surface area contributed by atoms with E-state index >= 15 is 0 Å². The van der Waals surface area contributed by atoms with Crippen molar-refractivity contribution < 1.29 is 18.7 Å². The molecule has 2 N–H and O–H groups in total. The minimum absolute atomic E-state index is 0.0966. The number of pyridine rings is 1. The molecular formula is C19H16F2N2O2. The number of amides is 1. The van der Waals surface area contributed by atoms with Gasteiger partial charge in [0.05, 0.1) is 12.1 Å². The number of aromatic nitrogens is 1. The zero-order valence-electron chi connectivity index (χ0n) is 13.5. The van der Waals surface area contributed by atoms with Crippen LogP contribution in [0.5, 0.6) is 0 Å². The van der Waals surface area contributed by atoms with Crippen LogP contribution in [0.15, 0.2) is 54.6 Å². The van der Waals surface area contributed by atoms with Gasteiger partial charge in [0, 0.05) is 17.0 Å². The van der Waals surface area contributed by atoms with Crippen molar-refractivity contribution in [3.63, 3.8) is 0 Å². The minimum atomic E-state index is -1.69. The van der Waals surface area contributed by atoms with E-state index in [0.717, 1.165) is 17.5 Å². The number of para-hydroxylation sites is 1. The normalized spacial score (nSPS) is 13.4. The van der Waals surface area contributed by atoms with E-state index in [9.17, 15) is 18.7 Å². The van der Waals surface area contributed by atoms with Crippen molar-refractivity contribution in [3.05, 3.63) is 77.5 Å². The summed E-state index contributed by atoms with van der Waals surface area (Å²) in [4.78, 5) is 16.5. The third-order valence-electron chi connectivity index (χ3n) is 3.94. The molecule has 1 unspecified atom stereocenters. The molecular weight excluding hydrogens is 326 g/mol. The SMILES string of the molecule is CC(O)(CNC(=O)c1ccc2ccccc2n1)c1ccc(F)cc1F. The smallest absolute Gasteiger partial charge is 0.270 e. The molecule has 0 spiro atoms. The Hall–Kier alpha value is -2.86. The second-order valence-electron chi connectivity index (χ2n) is 5.97. The molecule has 6 heteroatoms. The van der Waals surface area contributed by atoms with Crippen LogP contribution in [0.4, 0.5) is 8.78 Å². The lowest BCUT2D eigenvalue weighted by molar-refractivity contribution is 0.0493. The van der Waals surface area contributed by atoms with E-state index in [-0.39, 0.29) is 17.8 Å². The van der Waals surface area contributed by atoms with Gasteiger partial charge in [-0.25, -0.2) is 13.8 Å². The van der Waals surface area contributed by atoms with Gasteiger partial charge in [0.15, 0.2) is 0 Å². The Morgan fingerprint density at radius 3 is 2.68 bits per heavy atom. The molecule has 25 heavy (non-hydrogen) atoms. The van der Waals surface area contributed by atoms with Crippen LogP contribution < -0.4 is 5.32 Å². The molecule has 1 atom stereocenters. The van der Waals surface area contributed by atoms with E-state index in [1.807, 2.05) is 18.2 Å². The number of carbonyl (C=O) groups excluding carboxylic acids is 1. The molecule has 1 aromatic heterocycles. The topological polar surface area (TPSA) is 62.2 Å². The number of nitrogens with one attached hydrogen (secondary N) is 1. The summed E-state index contributed by atoms with van der Waals surface area (Å²) in [6.07, 6.45) is 0. The van der Waals surface area contributed by atoms with Gasteiger partial charge in [-0.3, -0.25) is 4.79 Å². The minimum Gasteiger partial charge on any atom is -0.383 e. The van der Waals surface area contributed by atoms with E-state index < -0.39 is 23.1 Å². The molecule has 0 aliphatic carbocycles. The first-order valence-electron chi connectivity index (χ1n) is 7.69. The number of rotatable bonds is 4. The number of hydrogen-bond acceptors (Lipinski definition) is 3. The van der Waals surface area contributed by atoms with E-state index in [0.29, 0.717) is 11.6 Å². The molecule has 0 aliphatic rings. The van der Waals surface area contributed by atoms with Crippen molar-refractivity contribution in [2.75, 3.05) is 6.54 Å². The number of hydrogen-bond donors (Lipinski definition) is 2. The van der Waals surface area contributed by atoms with Gasteiger partial charge >= 0.3 is 0 Å². The van der Waals surface area contributed by atoms with Crippen molar-refractivity contribution in [1.82, 2.24) is 10.3 Å². The number of carbonyl (C=O) groups is 1. The number of halogens is 2. The zero-order chi connectivity index (χ0) is 18.0. The number of fused-ring (bicyclic) bond motifs is 1. The molecule has 0 saturated carbocycles. The summed E-state index contributed by atoms with van der Waals surface area (Å²) in [6.45, 7) is 1.10. The van der Waals surface area contributed by atoms with E-state index in [1.165, 1.54) is 6.92 Å². The lowest BCUT2D eigenvalue weighted by Crippen LogP contribution is -2.39. The van der Waals surface area contributed by atoms with Gasteiger partial charge in [0.25, 0.3) is 5.91 Å². The van der Waals surface area contributed by atoms with Crippen molar-refractivity contribution in [1.29, 1.82) is 0 Å². The van der Waals surface area contributed by atoms with Gasteiger partial charge in [-0.1, -0.05) is 30.3 Å². The fourth-order valence-corrected chi connectivity index (χ4v) is 2.56. The highest BCUT2D eigenvalue weighted by molar-refractivity contribution is 5.94. The summed E-state index contributed by atoms with van der Waals surface area (Å²) < 4.78 is 26.8. The van der Waals surface area contributed by atoms with Crippen LogP contribution in [0, 0.1) is 11.6 Å². The highest BCUT2D eigenvalue weighted by Gasteiger charge is 2.27. The van der Waals surface area contributed by atoms with Gasteiger partial charge in [-0.05, 0) is 25.1 Å².